The lowest BCUT2D eigenvalue weighted by Gasteiger charge is -2.31. The quantitative estimate of drug-likeness (QED) is 0.332. The highest BCUT2D eigenvalue weighted by molar-refractivity contribution is 5.49. The minimum Gasteiger partial charge on any atom is -0.211 e. The molecule has 38 heavy (non-hydrogen) atoms. The number of isocyanates is 4. The topological polar surface area (TPSA) is 118 Å². The van der Waals surface area contributed by atoms with Crippen molar-refractivity contribution in [1.82, 2.24) is 0 Å². The molecule has 8 heteroatoms. The average Bonchev–Trinajstić information content (AvgIpc) is 2.96. The van der Waals surface area contributed by atoms with Crippen LogP contribution in [0, 0.1) is 11.8 Å². The molecular weight excluding hydrogens is 480 g/mol. The summed E-state index contributed by atoms with van der Waals surface area (Å²) in [5, 5.41) is 0. The van der Waals surface area contributed by atoms with E-state index < -0.39 is 5.66 Å². The van der Waals surface area contributed by atoms with Gasteiger partial charge in [-0.15, -0.1) is 0 Å². The SMILES string of the molecule is O=C=NC(N=C=O)(c1ccccc1)c1ccccc1.O=C=NC1CCC(CC2CCC(N=C=O)CC2)CC1. The lowest BCUT2D eigenvalue weighted by molar-refractivity contribution is 0.226. The first kappa shape index (κ1) is 28.5. The highest BCUT2D eigenvalue weighted by Crippen LogP contribution is 2.37. The Labute approximate surface area is 222 Å². The van der Waals surface area contributed by atoms with E-state index in [2.05, 4.69) is 20.0 Å². The van der Waals surface area contributed by atoms with Crippen LogP contribution in [0.15, 0.2) is 80.6 Å². The van der Waals surface area contributed by atoms with Gasteiger partial charge in [0.1, 0.15) is 0 Å². The first-order valence-electron chi connectivity index (χ1n) is 13.1. The van der Waals surface area contributed by atoms with Crippen LogP contribution in [0.5, 0.6) is 0 Å². The lowest BCUT2D eigenvalue weighted by Crippen LogP contribution is -2.23. The van der Waals surface area contributed by atoms with Crippen LogP contribution in [0.2, 0.25) is 0 Å². The second kappa shape index (κ2) is 15.3. The van der Waals surface area contributed by atoms with E-state index in [1.165, 1.54) is 44.3 Å². The van der Waals surface area contributed by atoms with Gasteiger partial charge in [0.25, 0.3) is 0 Å². The summed E-state index contributed by atoms with van der Waals surface area (Å²) in [4.78, 5) is 57.2. The predicted molar refractivity (Wildman–Crippen MR) is 142 cm³/mol. The van der Waals surface area contributed by atoms with Crippen molar-refractivity contribution in [3.8, 4) is 0 Å². The van der Waals surface area contributed by atoms with Crippen LogP contribution < -0.4 is 0 Å². The zero-order valence-corrected chi connectivity index (χ0v) is 21.4. The fourth-order valence-electron chi connectivity index (χ4n) is 5.56. The standard InChI is InChI=1S/C15H22N2O2.C15H10N2O2/c18-10-16-14-5-1-12(2-6-14)9-13-3-7-15(8-4-13)17-11-19;18-11-16-15(17-12-19,13-7-3-1-4-8-13)14-9-5-2-6-10-14/h12-15H,1-9H2;1-10H. The van der Waals surface area contributed by atoms with Gasteiger partial charge in [-0.05, 0) is 69.6 Å². The molecule has 0 unspecified atom stereocenters. The minimum absolute atomic E-state index is 0.228. The zero-order chi connectivity index (χ0) is 27.1. The van der Waals surface area contributed by atoms with Crippen LogP contribution in [-0.4, -0.2) is 36.4 Å². The third-order valence-electron chi connectivity index (χ3n) is 7.54. The maximum absolute atomic E-state index is 10.8. The molecule has 0 atom stereocenters. The highest BCUT2D eigenvalue weighted by Gasteiger charge is 2.34. The number of hydrogen-bond donors (Lipinski definition) is 0. The van der Waals surface area contributed by atoms with E-state index >= 15 is 0 Å². The molecule has 0 bridgehead atoms. The number of aliphatic imine (C=N–C) groups is 4. The smallest absolute Gasteiger partial charge is 0.211 e. The number of carbonyl (C=O) groups excluding carboxylic acids is 4. The molecule has 2 saturated carbocycles. The van der Waals surface area contributed by atoms with Crippen LogP contribution in [0.1, 0.15) is 68.9 Å². The van der Waals surface area contributed by atoms with Crippen molar-refractivity contribution < 1.29 is 19.2 Å². The molecule has 2 aromatic carbocycles. The molecular formula is C30H32N4O4. The Hall–Kier alpha value is -4.04. The van der Waals surface area contributed by atoms with Crippen LogP contribution in [0.3, 0.4) is 0 Å². The molecule has 2 fully saturated rings. The van der Waals surface area contributed by atoms with E-state index in [-0.39, 0.29) is 12.1 Å². The summed E-state index contributed by atoms with van der Waals surface area (Å²) in [6, 6.07) is 18.2. The summed E-state index contributed by atoms with van der Waals surface area (Å²) in [6.07, 6.45) is 16.6. The van der Waals surface area contributed by atoms with E-state index in [1.54, 1.807) is 60.7 Å². The normalized spacial score (nSPS) is 22.5. The number of rotatable bonds is 8. The predicted octanol–water partition coefficient (Wildman–Crippen LogP) is 5.73. The zero-order valence-electron chi connectivity index (χ0n) is 21.4. The van der Waals surface area contributed by atoms with Gasteiger partial charge < -0.3 is 0 Å². The average molecular weight is 513 g/mol. The molecule has 0 aromatic heterocycles. The Bertz CT molecular complexity index is 1100. The molecule has 2 aliphatic carbocycles. The van der Waals surface area contributed by atoms with E-state index in [9.17, 15) is 19.2 Å². The Morgan fingerprint density at radius 3 is 1.24 bits per heavy atom. The molecule has 0 heterocycles. The summed E-state index contributed by atoms with van der Waals surface area (Å²) in [5.74, 6) is 1.60. The second-order valence-corrected chi connectivity index (χ2v) is 9.84. The lowest BCUT2D eigenvalue weighted by atomic mass is 9.76. The van der Waals surface area contributed by atoms with E-state index in [4.69, 9.17) is 0 Å². The van der Waals surface area contributed by atoms with Gasteiger partial charge in [-0.3, -0.25) is 0 Å². The molecule has 0 amide bonds. The number of benzene rings is 2. The first-order valence-corrected chi connectivity index (χ1v) is 13.1. The molecule has 0 saturated heterocycles. The molecule has 4 rings (SSSR count). The van der Waals surface area contributed by atoms with Crippen LogP contribution in [0.4, 0.5) is 0 Å². The molecule has 0 spiro atoms. The first-order chi connectivity index (χ1) is 18.6. The summed E-state index contributed by atoms with van der Waals surface area (Å²) >= 11 is 0. The van der Waals surface area contributed by atoms with Crippen molar-refractivity contribution in [2.75, 3.05) is 0 Å². The van der Waals surface area contributed by atoms with Crippen molar-refractivity contribution in [3.63, 3.8) is 0 Å². The van der Waals surface area contributed by atoms with Gasteiger partial charge in [0.05, 0.1) is 12.1 Å². The fourth-order valence-corrected chi connectivity index (χ4v) is 5.56. The van der Waals surface area contributed by atoms with Gasteiger partial charge in [0.2, 0.25) is 30.0 Å². The summed E-state index contributed by atoms with van der Waals surface area (Å²) in [7, 11) is 0. The molecule has 8 nitrogen and oxygen atoms in total. The Morgan fingerprint density at radius 2 is 0.921 bits per heavy atom. The summed E-state index contributed by atoms with van der Waals surface area (Å²) in [5.41, 5.74) is -0.202. The second-order valence-electron chi connectivity index (χ2n) is 9.84. The fraction of sp³-hybridized carbons (Fsp3) is 0.467. The van der Waals surface area contributed by atoms with Crippen LogP contribution in [0.25, 0.3) is 0 Å². The third kappa shape index (κ3) is 7.98. The Balaban J connectivity index is 0.000000211. The Kier molecular flexibility index (Phi) is 11.5. The van der Waals surface area contributed by atoms with Gasteiger partial charge >= 0.3 is 0 Å². The summed E-state index contributed by atoms with van der Waals surface area (Å²) < 4.78 is 0. The highest BCUT2D eigenvalue weighted by atomic mass is 16.1. The van der Waals surface area contributed by atoms with Crippen molar-refractivity contribution in [3.05, 3.63) is 71.8 Å². The van der Waals surface area contributed by atoms with Crippen LogP contribution >= 0.6 is 0 Å². The van der Waals surface area contributed by atoms with Gasteiger partial charge in [-0.1, -0.05) is 60.7 Å². The molecule has 196 valence electrons. The van der Waals surface area contributed by atoms with E-state index in [0.29, 0.717) is 11.1 Å². The Morgan fingerprint density at radius 1 is 0.553 bits per heavy atom. The van der Waals surface area contributed by atoms with E-state index in [0.717, 1.165) is 37.5 Å². The van der Waals surface area contributed by atoms with Crippen molar-refractivity contribution in [1.29, 1.82) is 0 Å². The summed E-state index contributed by atoms with van der Waals surface area (Å²) in [6.45, 7) is 0. The van der Waals surface area contributed by atoms with Crippen molar-refractivity contribution in [2.45, 2.75) is 75.5 Å². The molecule has 2 aromatic rings. The van der Waals surface area contributed by atoms with Gasteiger partial charge in [-0.2, -0.15) is 9.98 Å². The van der Waals surface area contributed by atoms with E-state index in [1.807, 2.05) is 12.1 Å². The van der Waals surface area contributed by atoms with Gasteiger partial charge in [0.15, 0.2) is 0 Å². The molecule has 0 radical (unpaired) electrons. The maximum Gasteiger partial charge on any atom is 0.238 e. The monoisotopic (exact) mass is 512 g/mol. The molecule has 0 aliphatic heterocycles. The maximum atomic E-state index is 10.8. The largest absolute Gasteiger partial charge is 0.238 e. The van der Waals surface area contributed by atoms with Crippen molar-refractivity contribution >= 4 is 24.3 Å². The molecule has 2 aliphatic rings. The van der Waals surface area contributed by atoms with Crippen molar-refractivity contribution in [2.24, 2.45) is 31.8 Å². The molecule has 0 N–H and O–H groups in total. The minimum atomic E-state index is -1.41. The van der Waals surface area contributed by atoms with Crippen LogP contribution in [-0.2, 0) is 24.8 Å². The third-order valence-corrected chi connectivity index (χ3v) is 7.54. The van der Waals surface area contributed by atoms with Gasteiger partial charge in [0, 0.05) is 11.1 Å². The number of nitrogens with zero attached hydrogens (tertiary/aromatic N) is 4. The number of hydrogen-bond acceptors (Lipinski definition) is 8. The van der Waals surface area contributed by atoms with Gasteiger partial charge in [-0.25, -0.2) is 29.2 Å².